The molecule has 0 aliphatic carbocycles. The molecule has 1 aliphatic heterocycles. The number of nitrogens with one attached hydrogen (secondary N) is 1. The molecule has 0 radical (unpaired) electrons. The first-order valence-corrected chi connectivity index (χ1v) is 9.07. The molecule has 2 nitrogen and oxygen atoms in total. The van der Waals surface area contributed by atoms with Crippen molar-refractivity contribution in [3.8, 4) is 0 Å². The van der Waals surface area contributed by atoms with Gasteiger partial charge in [-0.2, -0.15) is 0 Å². The molecule has 2 aromatic rings. The Morgan fingerprint density at radius 1 is 1.25 bits per heavy atom. The van der Waals surface area contributed by atoms with E-state index in [-0.39, 0.29) is 0 Å². The molecule has 0 bridgehead atoms. The number of thiophene rings is 2. The SMILES string of the molecule is Cc1ccsc1C(c1ccc(Cl)s1)N1CCCNCC1. The average molecular weight is 327 g/mol. The van der Waals surface area contributed by atoms with Crippen LogP contribution in [0.25, 0.3) is 0 Å². The van der Waals surface area contributed by atoms with Crippen LogP contribution in [0.3, 0.4) is 0 Å². The molecule has 1 fully saturated rings. The zero-order chi connectivity index (χ0) is 13.9. The van der Waals surface area contributed by atoms with Crippen molar-refractivity contribution in [2.24, 2.45) is 0 Å². The topological polar surface area (TPSA) is 15.3 Å². The van der Waals surface area contributed by atoms with E-state index in [1.165, 1.54) is 21.7 Å². The van der Waals surface area contributed by atoms with Crippen LogP contribution in [0, 0.1) is 6.92 Å². The van der Waals surface area contributed by atoms with E-state index in [1.807, 2.05) is 17.4 Å². The lowest BCUT2D eigenvalue weighted by Crippen LogP contribution is -2.32. The quantitative estimate of drug-likeness (QED) is 0.911. The maximum atomic E-state index is 6.17. The molecule has 108 valence electrons. The third-order valence-corrected chi connectivity index (χ3v) is 6.11. The molecule has 2 aromatic heterocycles. The lowest BCUT2D eigenvalue weighted by molar-refractivity contribution is 0.246. The van der Waals surface area contributed by atoms with E-state index in [0.717, 1.165) is 30.5 Å². The second-order valence-electron chi connectivity index (χ2n) is 5.15. The molecule has 3 heterocycles. The fraction of sp³-hybridized carbons (Fsp3) is 0.467. The van der Waals surface area contributed by atoms with Gasteiger partial charge in [-0.05, 0) is 49.0 Å². The van der Waals surface area contributed by atoms with Gasteiger partial charge >= 0.3 is 0 Å². The third-order valence-electron chi connectivity index (χ3n) is 3.75. The molecule has 3 rings (SSSR count). The van der Waals surface area contributed by atoms with E-state index in [0.29, 0.717) is 6.04 Å². The van der Waals surface area contributed by atoms with Crippen LogP contribution in [0.2, 0.25) is 4.34 Å². The molecule has 1 unspecified atom stereocenters. The Morgan fingerprint density at radius 2 is 2.15 bits per heavy atom. The Kier molecular flexibility index (Phi) is 4.79. The molecule has 1 aliphatic rings. The molecular weight excluding hydrogens is 308 g/mol. The Bertz CT molecular complexity index is 556. The second kappa shape index (κ2) is 6.58. The minimum Gasteiger partial charge on any atom is -0.315 e. The number of nitrogens with zero attached hydrogens (tertiary/aromatic N) is 1. The molecule has 1 N–H and O–H groups in total. The van der Waals surface area contributed by atoms with Crippen molar-refractivity contribution in [3.05, 3.63) is 43.2 Å². The molecule has 1 atom stereocenters. The van der Waals surface area contributed by atoms with Crippen LogP contribution in [0.4, 0.5) is 0 Å². The molecule has 5 heteroatoms. The van der Waals surface area contributed by atoms with Gasteiger partial charge in [0.15, 0.2) is 0 Å². The van der Waals surface area contributed by atoms with Gasteiger partial charge in [0.1, 0.15) is 0 Å². The lowest BCUT2D eigenvalue weighted by Gasteiger charge is -2.29. The number of hydrogen-bond donors (Lipinski definition) is 1. The summed E-state index contributed by atoms with van der Waals surface area (Å²) in [4.78, 5) is 5.42. The summed E-state index contributed by atoms with van der Waals surface area (Å²) in [5, 5.41) is 5.69. The van der Waals surface area contributed by atoms with Crippen molar-refractivity contribution >= 4 is 34.3 Å². The maximum absolute atomic E-state index is 6.17. The van der Waals surface area contributed by atoms with Crippen LogP contribution in [0.1, 0.15) is 27.8 Å². The van der Waals surface area contributed by atoms with E-state index >= 15 is 0 Å². The van der Waals surface area contributed by atoms with Crippen LogP contribution in [0.5, 0.6) is 0 Å². The molecule has 0 aromatic carbocycles. The Hall–Kier alpha value is -0.390. The van der Waals surface area contributed by atoms with Gasteiger partial charge in [-0.1, -0.05) is 11.6 Å². The number of hydrogen-bond acceptors (Lipinski definition) is 4. The fourth-order valence-corrected chi connectivity index (χ4v) is 5.10. The van der Waals surface area contributed by atoms with Gasteiger partial charge < -0.3 is 5.32 Å². The predicted molar refractivity (Wildman–Crippen MR) is 89.3 cm³/mol. The van der Waals surface area contributed by atoms with Gasteiger partial charge in [0.25, 0.3) is 0 Å². The summed E-state index contributed by atoms with van der Waals surface area (Å²) in [7, 11) is 0. The highest BCUT2D eigenvalue weighted by Gasteiger charge is 2.26. The van der Waals surface area contributed by atoms with Crippen LogP contribution in [0.15, 0.2) is 23.6 Å². The van der Waals surface area contributed by atoms with Crippen molar-refractivity contribution < 1.29 is 0 Å². The number of halogens is 1. The highest BCUT2D eigenvalue weighted by Crippen LogP contribution is 2.39. The maximum Gasteiger partial charge on any atom is 0.0931 e. The van der Waals surface area contributed by atoms with Crippen LogP contribution in [-0.4, -0.2) is 31.1 Å². The standard InChI is InChI=1S/C15H19ClN2S2/c1-11-5-10-19-15(11)14(12-3-4-13(16)20-12)18-8-2-6-17-7-9-18/h3-5,10,14,17H,2,6-9H2,1H3. The molecule has 20 heavy (non-hydrogen) atoms. The van der Waals surface area contributed by atoms with Gasteiger partial charge in [-0.3, -0.25) is 4.90 Å². The monoisotopic (exact) mass is 326 g/mol. The molecular formula is C15H19ClN2S2. The van der Waals surface area contributed by atoms with Crippen molar-refractivity contribution in [2.75, 3.05) is 26.2 Å². The number of rotatable bonds is 3. The van der Waals surface area contributed by atoms with E-state index in [2.05, 4.69) is 34.7 Å². The Balaban J connectivity index is 1.96. The Morgan fingerprint density at radius 3 is 2.85 bits per heavy atom. The van der Waals surface area contributed by atoms with Gasteiger partial charge in [0.05, 0.1) is 10.4 Å². The van der Waals surface area contributed by atoms with Gasteiger partial charge in [-0.25, -0.2) is 0 Å². The van der Waals surface area contributed by atoms with E-state index in [1.54, 1.807) is 11.3 Å². The van der Waals surface area contributed by atoms with Crippen molar-refractivity contribution in [3.63, 3.8) is 0 Å². The third kappa shape index (κ3) is 3.10. The second-order valence-corrected chi connectivity index (χ2v) is 7.85. The van der Waals surface area contributed by atoms with Crippen molar-refractivity contribution in [1.82, 2.24) is 10.2 Å². The largest absolute Gasteiger partial charge is 0.315 e. The van der Waals surface area contributed by atoms with Crippen molar-refractivity contribution in [2.45, 2.75) is 19.4 Å². The van der Waals surface area contributed by atoms with Crippen LogP contribution >= 0.6 is 34.3 Å². The number of aryl methyl sites for hydroxylation is 1. The first kappa shape index (κ1) is 14.5. The summed E-state index contributed by atoms with van der Waals surface area (Å²) in [6.45, 7) is 6.64. The zero-order valence-corrected chi connectivity index (χ0v) is 14.0. The first-order chi connectivity index (χ1) is 9.75. The van der Waals surface area contributed by atoms with Gasteiger partial charge in [0, 0.05) is 29.4 Å². The smallest absolute Gasteiger partial charge is 0.0931 e. The summed E-state index contributed by atoms with van der Waals surface area (Å²) in [6, 6.07) is 6.80. The van der Waals surface area contributed by atoms with E-state index in [9.17, 15) is 0 Å². The fourth-order valence-electron chi connectivity index (χ4n) is 2.74. The van der Waals surface area contributed by atoms with Gasteiger partial charge in [-0.15, -0.1) is 22.7 Å². The van der Waals surface area contributed by atoms with Crippen LogP contribution < -0.4 is 5.32 Å². The van der Waals surface area contributed by atoms with Crippen molar-refractivity contribution in [1.29, 1.82) is 0 Å². The van der Waals surface area contributed by atoms with Crippen LogP contribution in [-0.2, 0) is 0 Å². The summed E-state index contributed by atoms with van der Waals surface area (Å²) in [5.41, 5.74) is 1.39. The minimum atomic E-state index is 0.368. The van der Waals surface area contributed by atoms with Gasteiger partial charge in [0.2, 0.25) is 0 Å². The van der Waals surface area contributed by atoms with E-state index in [4.69, 9.17) is 11.6 Å². The summed E-state index contributed by atoms with van der Waals surface area (Å²) >= 11 is 9.74. The average Bonchev–Trinajstić information content (AvgIpc) is 2.93. The summed E-state index contributed by atoms with van der Waals surface area (Å²) in [6.07, 6.45) is 1.21. The molecule has 0 spiro atoms. The summed E-state index contributed by atoms with van der Waals surface area (Å²) < 4.78 is 0.882. The Labute approximate surface area is 133 Å². The summed E-state index contributed by atoms with van der Waals surface area (Å²) in [5.74, 6) is 0. The van der Waals surface area contributed by atoms with E-state index < -0.39 is 0 Å². The molecule has 0 amide bonds. The first-order valence-electron chi connectivity index (χ1n) is 6.99. The lowest BCUT2D eigenvalue weighted by atomic mass is 10.1. The minimum absolute atomic E-state index is 0.368. The highest BCUT2D eigenvalue weighted by molar-refractivity contribution is 7.16. The highest BCUT2D eigenvalue weighted by atomic mass is 35.5. The predicted octanol–water partition coefficient (Wildman–Crippen LogP) is 4.16. The normalized spacial score (nSPS) is 18.9. The molecule has 1 saturated heterocycles. The zero-order valence-electron chi connectivity index (χ0n) is 11.6. The molecule has 0 saturated carbocycles.